The van der Waals surface area contributed by atoms with Gasteiger partial charge in [-0.2, -0.15) is 13.4 Å². The van der Waals surface area contributed by atoms with Crippen LogP contribution in [-0.4, -0.2) is 67.8 Å². The third kappa shape index (κ3) is 9.18. The molecule has 1 fully saturated rings. The summed E-state index contributed by atoms with van der Waals surface area (Å²) in [6.07, 6.45) is -1.25. The molecule has 1 aliphatic rings. The lowest BCUT2D eigenvalue weighted by Crippen LogP contribution is -2.54. The fourth-order valence-electron chi connectivity index (χ4n) is 4.29. The highest BCUT2D eigenvalue weighted by atomic mass is 79.9. The lowest BCUT2D eigenvalue weighted by atomic mass is 10.1. The van der Waals surface area contributed by atoms with Crippen molar-refractivity contribution in [1.82, 2.24) is 9.55 Å². The van der Waals surface area contributed by atoms with Crippen molar-refractivity contribution in [3.63, 3.8) is 0 Å². The van der Waals surface area contributed by atoms with Gasteiger partial charge in [0.25, 0.3) is 5.88 Å². The Morgan fingerprint density at radius 1 is 0.812 bits per heavy atom. The number of halogens is 1. The van der Waals surface area contributed by atoms with Gasteiger partial charge >= 0.3 is 15.8 Å². The molecule has 10 nitrogen and oxygen atoms in total. The molecule has 1 saturated heterocycles. The van der Waals surface area contributed by atoms with Crippen LogP contribution in [-0.2, 0) is 28.1 Å². The van der Waals surface area contributed by atoms with Crippen molar-refractivity contribution < 1.29 is 30.6 Å². The van der Waals surface area contributed by atoms with Crippen molar-refractivity contribution in [2.75, 3.05) is 6.61 Å². The van der Waals surface area contributed by atoms with Crippen molar-refractivity contribution in [2.24, 2.45) is 0 Å². The Morgan fingerprint density at radius 3 is 1.77 bits per heavy atom. The van der Waals surface area contributed by atoms with Crippen LogP contribution in [0, 0.1) is 0 Å². The van der Waals surface area contributed by atoms with E-state index in [0.29, 0.717) is 0 Å². The van der Waals surface area contributed by atoms with E-state index in [2.05, 4.69) is 123 Å². The maximum Gasteiger partial charge on any atom is 0.353 e. The molecule has 1 aromatic carbocycles. The SMILES string of the molecule is CC(C)(C)[Si](C)(C)OC[C@H]1O[C@@H](n2cc(Br)c(OS(=O)(=O)c3ccccc3)nc2=O)[C@H](O[Si](C)(C)C(C)(C)C)[C@@H]1O[Si](C)(C)C(C)(C)C. The molecule has 0 unspecified atom stereocenters. The second kappa shape index (κ2) is 14.1. The summed E-state index contributed by atoms with van der Waals surface area (Å²) in [6, 6.07) is 7.70. The molecule has 272 valence electrons. The first-order valence-corrected chi connectivity index (χ1v) is 27.4. The van der Waals surface area contributed by atoms with Gasteiger partial charge in [0.2, 0.25) is 0 Å². The zero-order valence-electron chi connectivity index (χ0n) is 31.4. The Kier molecular flexibility index (Phi) is 12.1. The normalized spacial score (nSPS) is 21.8. The van der Waals surface area contributed by atoms with Crippen LogP contribution >= 0.6 is 15.9 Å². The highest BCUT2D eigenvalue weighted by Gasteiger charge is 2.55. The van der Waals surface area contributed by atoms with Gasteiger partial charge in [0, 0.05) is 6.20 Å². The van der Waals surface area contributed by atoms with E-state index in [-0.39, 0.29) is 37.0 Å². The quantitative estimate of drug-likeness (QED) is 0.163. The van der Waals surface area contributed by atoms with Crippen LogP contribution in [0.5, 0.6) is 5.88 Å². The molecular formula is C33H57BrN2O8SSi3. The highest BCUT2D eigenvalue weighted by molar-refractivity contribution is 9.10. The number of hydrogen-bond donors (Lipinski definition) is 0. The van der Waals surface area contributed by atoms with Crippen LogP contribution < -0.4 is 9.87 Å². The summed E-state index contributed by atoms with van der Waals surface area (Å²) in [4.78, 5) is 17.8. The Balaban J connectivity index is 2.16. The summed E-state index contributed by atoms with van der Waals surface area (Å²) < 4.78 is 60.6. The zero-order chi connectivity index (χ0) is 36.9. The summed E-state index contributed by atoms with van der Waals surface area (Å²) in [5.74, 6) is -0.369. The zero-order valence-corrected chi connectivity index (χ0v) is 36.8. The minimum absolute atomic E-state index is 0.0283. The van der Waals surface area contributed by atoms with Gasteiger partial charge in [-0.3, -0.25) is 4.57 Å². The molecule has 2 aromatic rings. The summed E-state index contributed by atoms with van der Waals surface area (Å²) in [6.45, 7) is 33.0. The molecule has 0 aliphatic carbocycles. The van der Waals surface area contributed by atoms with E-state index < -0.39 is 65.3 Å². The van der Waals surface area contributed by atoms with Crippen LogP contribution in [0.25, 0.3) is 0 Å². The number of hydrogen-bond acceptors (Lipinski definition) is 9. The molecule has 0 spiro atoms. The lowest BCUT2D eigenvalue weighted by molar-refractivity contribution is -0.0511. The van der Waals surface area contributed by atoms with Gasteiger partial charge in [-0.25, -0.2) is 4.79 Å². The van der Waals surface area contributed by atoms with Crippen LogP contribution in [0.15, 0.2) is 50.7 Å². The molecule has 1 aliphatic heterocycles. The average molecular weight is 806 g/mol. The second-order valence-electron chi connectivity index (χ2n) is 17.3. The Hall–Kier alpha value is -1.18. The number of nitrogens with zero attached hydrogens (tertiary/aromatic N) is 2. The molecule has 0 amide bonds. The number of aromatic nitrogens is 2. The number of ether oxygens (including phenoxy) is 1. The maximum atomic E-state index is 13.8. The molecule has 1 aromatic heterocycles. The molecule has 2 heterocycles. The van der Waals surface area contributed by atoms with Crippen molar-refractivity contribution in [1.29, 1.82) is 0 Å². The van der Waals surface area contributed by atoms with Gasteiger partial charge in [-0.15, -0.1) is 0 Å². The van der Waals surface area contributed by atoms with Crippen molar-refractivity contribution in [3.8, 4) is 5.88 Å². The molecule has 48 heavy (non-hydrogen) atoms. The lowest BCUT2D eigenvalue weighted by Gasteiger charge is -2.44. The van der Waals surface area contributed by atoms with Crippen LogP contribution in [0.4, 0.5) is 0 Å². The summed E-state index contributed by atoms with van der Waals surface area (Å²) in [5, 5.41) is -0.288. The molecule has 0 saturated carbocycles. The Bertz CT molecular complexity index is 1600. The molecule has 0 N–H and O–H groups in total. The first kappa shape index (κ1) is 41.2. The minimum atomic E-state index is -4.24. The third-order valence-corrected chi connectivity index (χ3v) is 25.8. The molecule has 3 rings (SSSR count). The van der Waals surface area contributed by atoms with E-state index in [0.717, 1.165) is 0 Å². The van der Waals surface area contributed by atoms with E-state index in [9.17, 15) is 13.2 Å². The molecule has 15 heteroatoms. The predicted octanol–water partition coefficient (Wildman–Crippen LogP) is 8.47. The van der Waals surface area contributed by atoms with Gasteiger partial charge in [0.15, 0.2) is 31.2 Å². The van der Waals surface area contributed by atoms with Crippen molar-refractivity contribution in [3.05, 3.63) is 51.5 Å². The van der Waals surface area contributed by atoms with Crippen molar-refractivity contribution in [2.45, 2.75) is 146 Å². The standard InChI is InChI=1S/C33H57BrN2O8SSi3/c1-31(2,3)46(10,11)40-22-25-26(43-47(12,13)32(4,5)6)27(44-48(14,15)33(7,8)9)29(41-25)36-21-24(34)28(35-30(36)37)42-45(38,39)23-19-17-16-18-20-23/h16-21,25-27,29H,22H2,1-15H3/t25-,26-,27-,29-/m1/s1. The fraction of sp³-hybridized carbons (Fsp3) is 0.697. The summed E-state index contributed by atoms with van der Waals surface area (Å²) in [7, 11) is -11.3. The number of benzene rings is 1. The first-order valence-electron chi connectivity index (χ1n) is 16.4. The van der Waals surface area contributed by atoms with E-state index in [1.54, 1.807) is 18.2 Å². The predicted molar refractivity (Wildman–Crippen MR) is 202 cm³/mol. The average Bonchev–Trinajstić information content (AvgIpc) is 3.23. The van der Waals surface area contributed by atoms with E-state index >= 15 is 0 Å². The van der Waals surface area contributed by atoms with Gasteiger partial charge in [0.1, 0.15) is 23.2 Å². The van der Waals surface area contributed by atoms with Gasteiger partial charge in [0.05, 0.1) is 11.1 Å². The minimum Gasteiger partial charge on any atom is -0.414 e. The van der Waals surface area contributed by atoms with E-state index in [1.165, 1.54) is 22.9 Å². The topological polar surface area (TPSA) is 115 Å². The molecule has 0 bridgehead atoms. The second-order valence-corrected chi connectivity index (χ2v) is 34.0. The van der Waals surface area contributed by atoms with E-state index in [4.69, 9.17) is 22.2 Å². The highest BCUT2D eigenvalue weighted by Crippen LogP contribution is 2.46. The molecule has 4 atom stereocenters. The monoisotopic (exact) mass is 804 g/mol. The van der Waals surface area contributed by atoms with Crippen LogP contribution in [0.3, 0.4) is 0 Å². The molecule has 0 radical (unpaired) electrons. The fourth-order valence-corrected chi connectivity index (χ4v) is 9.32. The Labute approximate surface area is 299 Å². The molecular weight excluding hydrogens is 749 g/mol. The van der Waals surface area contributed by atoms with Crippen LogP contribution in [0.2, 0.25) is 54.4 Å². The van der Waals surface area contributed by atoms with Crippen molar-refractivity contribution >= 4 is 51.0 Å². The van der Waals surface area contributed by atoms with E-state index in [1.807, 2.05) is 0 Å². The largest absolute Gasteiger partial charge is 0.414 e. The summed E-state index contributed by atoms with van der Waals surface area (Å²) >= 11 is 3.41. The summed E-state index contributed by atoms with van der Waals surface area (Å²) in [5.41, 5.74) is -0.748. The third-order valence-electron chi connectivity index (χ3n) is 10.5. The Morgan fingerprint density at radius 2 is 1.29 bits per heavy atom. The number of rotatable bonds is 11. The van der Waals surface area contributed by atoms with Crippen LogP contribution in [0.1, 0.15) is 68.5 Å². The smallest absolute Gasteiger partial charge is 0.353 e. The first-order chi connectivity index (χ1) is 21.5. The van der Waals surface area contributed by atoms with Gasteiger partial charge in [-0.1, -0.05) is 80.5 Å². The van der Waals surface area contributed by atoms with Gasteiger partial charge in [-0.05, 0) is 82.5 Å². The van der Waals surface area contributed by atoms with Gasteiger partial charge < -0.3 is 22.2 Å². The maximum absolute atomic E-state index is 13.8.